The van der Waals surface area contributed by atoms with Crippen LogP contribution in [0.1, 0.15) is 18.4 Å². The van der Waals surface area contributed by atoms with E-state index in [4.69, 9.17) is 4.74 Å². The van der Waals surface area contributed by atoms with Crippen molar-refractivity contribution < 1.29 is 14.3 Å². The van der Waals surface area contributed by atoms with E-state index in [0.29, 0.717) is 26.1 Å². The zero-order valence-electron chi connectivity index (χ0n) is 13.6. The molecule has 0 aromatic heterocycles. The summed E-state index contributed by atoms with van der Waals surface area (Å²) in [6.07, 6.45) is 1.25. The molecule has 2 fully saturated rings. The molecule has 0 spiro atoms. The number of anilines is 1. The quantitative estimate of drug-likeness (QED) is 0.922. The molecule has 2 saturated heterocycles. The molecule has 0 unspecified atom stereocenters. The number of aryl methyl sites for hydroxylation is 1. The van der Waals surface area contributed by atoms with E-state index < -0.39 is 0 Å². The Morgan fingerprint density at radius 3 is 2.74 bits per heavy atom. The van der Waals surface area contributed by atoms with E-state index in [9.17, 15) is 9.59 Å². The number of benzene rings is 1. The number of carbonyl (C=O) groups is 2. The summed E-state index contributed by atoms with van der Waals surface area (Å²) in [5.41, 5.74) is 1.93. The lowest BCUT2D eigenvalue weighted by molar-refractivity contribution is -0.129. The first-order valence-electron chi connectivity index (χ1n) is 8.03. The summed E-state index contributed by atoms with van der Waals surface area (Å²) in [6.45, 7) is 3.83. The van der Waals surface area contributed by atoms with Gasteiger partial charge in [-0.15, -0.1) is 0 Å². The van der Waals surface area contributed by atoms with Crippen molar-refractivity contribution in [3.8, 4) is 0 Å². The maximum Gasteiger partial charge on any atom is 0.322 e. The largest absolute Gasteiger partial charge is 0.383 e. The van der Waals surface area contributed by atoms with Crippen LogP contribution < -0.4 is 5.32 Å². The molecule has 2 aliphatic heterocycles. The van der Waals surface area contributed by atoms with Gasteiger partial charge in [0.2, 0.25) is 5.91 Å². The van der Waals surface area contributed by atoms with E-state index in [1.54, 1.807) is 12.0 Å². The molecule has 3 amide bonds. The second-order valence-corrected chi connectivity index (χ2v) is 6.20. The highest BCUT2D eigenvalue weighted by Gasteiger charge is 2.48. The second kappa shape index (κ2) is 6.58. The summed E-state index contributed by atoms with van der Waals surface area (Å²) in [7, 11) is 1.63. The molecule has 2 aliphatic rings. The molecule has 0 aliphatic carbocycles. The number of carbonyl (C=O) groups excluding carboxylic acids is 2. The Balaban J connectivity index is 1.64. The Bertz CT molecular complexity index is 587. The number of amides is 3. The van der Waals surface area contributed by atoms with Crippen molar-refractivity contribution in [3.63, 3.8) is 0 Å². The molecule has 1 aromatic rings. The minimum absolute atomic E-state index is 0.0233. The lowest BCUT2D eigenvalue weighted by atomic mass is 10.1. The lowest BCUT2D eigenvalue weighted by Gasteiger charge is -2.25. The first-order chi connectivity index (χ1) is 11.1. The van der Waals surface area contributed by atoms with Crippen LogP contribution in [0.5, 0.6) is 0 Å². The van der Waals surface area contributed by atoms with Gasteiger partial charge in [-0.1, -0.05) is 17.7 Å². The molecule has 2 heterocycles. The number of methoxy groups -OCH3 is 1. The summed E-state index contributed by atoms with van der Waals surface area (Å²) < 4.78 is 5.08. The van der Waals surface area contributed by atoms with Gasteiger partial charge < -0.3 is 19.9 Å². The summed E-state index contributed by atoms with van der Waals surface area (Å²) in [5.74, 6) is 0.116. The van der Waals surface area contributed by atoms with E-state index in [1.165, 1.54) is 0 Å². The number of hydrogen-bond donors (Lipinski definition) is 1. The van der Waals surface area contributed by atoms with Gasteiger partial charge in [0.1, 0.15) is 0 Å². The van der Waals surface area contributed by atoms with Crippen LogP contribution in [0, 0.1) is 6.92 Å². The smallest absolute Gasteiger partial charge is 0.322 e. The molecule has 124 valence electrons. The normalized spacial score (nSPS) is 23.3. The zero-order valence-corrected chi connectivity index (χ0v) is 13.6. The third kappa shape index (κ3) is 3.17. The fourth-order valence-corrected chi connectivity index (χ4v) is 3.49. The molecule has 0 saturated carbocycles. The van der Waals surface area contributed by atoms with E-state index >= 15 is 0 Å². The van der Waals surface area contributed by atoms with Gasteiger partial charge in [-0.25, -0.2) is 4.79 Å². The number of nitrogens with zero attached hydrogens (tertiary/aromatic N) is 2. The van der Waals surface area contributed by atoms with Crippen LogP contribution in [0.15, 0.2) is 24.3 Å². The average molecular weight is 317 g/mol. The predicted molar refractivity (Wildman–Crippen MR) is 87.3 cm³/mol. The van der Waals surface area contributed by atoms with Crippen LogP contribution in [0.4, 0.5) is 10.5 Å². The van der Waals surface area contributed by atoms with Crippen molar-refractivity contribution in [2.75, 3.05) is 32.1 Å². The van der Waals surface area contributed by atoms with Crippen LogP contribution in [0.3, 0.4) is 0 Å². The van der Waals surface area contributed by atoms with Crippen molar-refractivity contribution in [2.24, 2.45) is 0 Å². The Morgan fingerprint density at radius 1 is 1.30 bits per heavy atom. The molecule has 1 N–H and O–H groups in total. The molecule has 1 aromatic carbocycles. The Morgan fingerprint density at radius 2 is 2.04 bits per heavy atom. The zero-order chi connectivity index (χ0) is 16.4. The topological polar surface area (TPSA) is 61.9 Å². The van der Waals surface area contributed by atoms with Gasteiger partial charge in [-0.2, -0.15) is 0 Å². The van der Waals surface area contributed by atoms with Crippen LogP contribution >= 0.6 is 0 Å². The van der Waals surface area contributed by atoms with Crippen LogP contribution in [-0.4, -0.2) is 60.6 Å². The van der Waals surface area contributed by atoms with Gasteiger partial charge in [0.25, 0.3) is 0 Å². The standard InChI is InChI=1S/C17H23N3O3/c1-12-3-5-13(6-4-12)18-17(22)20-8-7-14-15(20)11-16(21)19(14)9-10-23-2/h3-6,14-15H,7-11H2,1-2H3,(H,18,22)/t14-,15-/m0/s1. The first kappa shape index (κ1) is 15.8. The van der Waals surface area contributed by atoms with Gasteiger partial charge in [-0.3, -0.25) is 4.79 Å². The summed E-state index contributed by atoms with van der Waals surface area (Å²) in [5, 5.41) is 2.93. The number of rotatable bonds is 4. The minimum atomic E-state index is -0.122. The minimum Gasteiger partial charge on any atom is -0.383 e. The first-order valence-corrected chi connectivity index (χ1v) is 8.03. The monoisotopic (exact) mass is 317 g/mol. The second-order valence-electron chi connectivity index (χ2n) is 6.20. The maximum absolute atomic E-state index is 12.5. The molecular formula is C17H23N3O3. The third-order valence-electron chi connectivity index (χ3n) is 4.71. The number of ether oxygens (including phenoxy) is 1. The summed E-state index contributed by atoms with van der Waals surface area (Å²) in [4.78, 5) is 28.4. The van der Waals surface area contributed by atoms with Gasteiger partial charge in [0, 0.05) is 32.3 Å². The van der Waals surface area contributed by atoms with E-state index in [1.807, 2.05) is 36.1 Å². The van der Waals surface area contributed by atoms with Gasteiger partial charge >= 0.3 is 6.03 Å². The van der Waals surface area contributed by atoms with E-state index in [0.717, 1.165) is 17.7 Å². The van der Waals surface area contributed by atoms with Gasteiger partial charge in [0.05, 0.1) is 18.7 Å². The third-order valence-corrected chi connectivity index (χ3v) is 4.71. The molecule has 6 heteroatoms. The van der Waals surface area contributed by atoms with Crippen molar-refractivity contribution in [3.05, 3.63) is 29.8 Å². The number of fused-ring (bicyclic) bond motifs is 1. The van der Waals surface area contributed by atoms with Gasteiger partial charge in [0.15, 0.2) is 0 Å². The molecular weight excluding hydrogens is 294 g/mol. The highest BCUT2D eigenvalue weighted by Crippen LogP contribution is 2.32. The molecule has 3 rings (SSSR count). The number of hydrogen-bond acceptors (Lipinski definition) is 3. The molecule has 0 bridgehead atoms. The summed E-state index contributed by atoms with van der Waals surface area (Å²) >= 11 is 0. The number of nitrogens with one attached hydrogen (secondary N) is 1. The van der Waals surface area contributed by atoms with Crippen LogP contribution in [0.2, 0.25) is 0 Å². The SMILES string of the molecule is COCCN1C(=O)C[C@H]2[C@@H]1CCN2C(=O)Nc1ccc(C)cc1. The Hall–Kier alpha value is -2.08. The lowest BCUT2D eigenvalue weighted by Crippen LogP contribution is -2.42. The molecule has 2 atom stereocenters. The van der Waals surface area contributed by atoms with Crippen molar-refractivity contribution in [1.82, 2.24) is 9.80 Å². The highest BCUT2D eigenvalue weighted by molar-refractivity contribution is 5.91. The average Bonchev–Trinajstić information content (AvgIpc) is 3.06. The van der Waals surface area contributed by atoms with Crippen molar-refractivity contribution >= 4 is 17.6 Å². The molecule has 23 heavy (non-hydrogen) atoms. The molecule has 0 radical (unpaired) electrons. The fraction of sp³-hybridized carbons (Fsp3) is 0.529. The Kier molecular flexibility index (Phi) is 4.52. The van der Waals surface area contributed by atoms with Crippen LogP contribution in [-0.2, 0) is 9.53 Å². The number of likely N-dealkylation sites (tertiary alicyclic amines) is 2. The van der Waals surface area contributed by atoms with E-state index in [2.05, 4.69) is 5.32 Å². The number of urea groups is 1. The predicted octanol–water partition coefficient (Wildman–Crippen LogP) is 1.85. The van der Waals surface area contributed by atoms with Crippen molar-refractivity contribution in [1.29, 1.82) is 0 Å². The van der Waals surface area contributed by atoms with Crippen LogP contribution in [0.25, 0.3) is 0 Å². The van der Waals surface area contributed by atoms with E-state index in [-0.39, 0.29) is 24.0 Å². The molecule has 6 nitrogen and oxygen atoms in total. The highest BCUT2D eigenvalue weighted by atomic mass is 16.5. The Labute approximate surface area is 136 Å². The van der Waals surface area contributed by atoms with Gasteiger partial charge in [-0.05, 0) is 25.5 Å². The fourth-order valence-electron chi connectivity index (χ4n) is 3.49. The summed E-state index contributed by atoms with van der Waals surface area (Å²) in [6, 6.07) is 7.70. The maximum atomic E-state index is 12.5. The van der Waals surface area contributed by atoms with Crippen molar-refractivity contribution in [2.45, 2.75) is 31.8 Å².